The third-order valence-corrected chi connectivity index (χ3v) is 4.24. The highest BCUT2D eigenvalue weighted by Gasteiger charge is 2.23. The molecule has 0 aliphatic rings. The second-order valence-electron chi connectivity index (χ2n) is 5.43. The number of hydrogen-bond acceptors (Lipinski definition) is 4. The zero-order valence-electron chi connectivity index (χ0n) is 11.6. The molecular weight excluding hydrogens is 322 g/mol. The first kappa shape index (κ1) is 14.6. The molecule has 0 aliphatic carbocycles. The Morgan fingerprint density at radius 3 is 2.58 bits per heavy atom. The fourth-order valence-corrected chi connectivity index (χ4v) is 3.33. The van der Waals surface area contributed by atoms with Gasteiger partial charge in [-0.3, -0.25) is 4.98 Å². The number of pyridine rings is 1. The van der Waals surface area contributed by atoms with E-state index in [-0.39, 0.29) is 5.41 Å². The van der Waals surface area contributed by atoms with Crippen molar-refractivity contribution in [3.05, 3.63) is 33.4 Å². The Balaban J connectivity index is 2.45. The first-order valence-electron chi connectivity index (χ1n) is 6.18. The number of rotatable bonds is 3. The molecule has 0 atom stereocenters. The van der Waals surface area contributed by atoms with Crippen LogP contribution < -0.4 is 5.32 Å². The van der Waals surface area contributed by atoms with Crippen molar-refractivity contribution < 1.29 is 0 Å². The van der Waals surface area contributed by atoms with Gasteiger partial charge in [-0.2, -0.15) is 0 Å². The van der Waals surface area contributed by atoms with Crippen molar-refractivity contribution in [2.45, 2.75) is 32.7 Å². The first-order valence-corrected chi connectivity index (χ1v) is 7.79. The van der Waals surface area contributed by atoms with Crippen molar-refractivity contribution >= 4 is 27.3 Å². The molecule has 0 unspecified atom stereocenters. The van der Waals surface area contributed by atoms with E-state index >= 15 is 0 Å². The van der Waals surface area contributed by atoms with Crippen LogP contribution in [0, 0.1) is 0 Å². The summed E-state index contributed by atoms with van der Waals surface area (Å²) in [5.74, 6) is 0. The molecule has 0 bridgehead atoms. The molecule has 102 valence electrons. The summed E-state index contributed by atoms with van der Waals surface area (Å²) < 4.78 is 0.985. The van der Waals surface area contributed by atoms with Crippen LogP contribution in [0.4, 0.5) is 0 Å². The summed E-state index contributed by atoms with van der Waals surface area (Å²) in [6, 6.07) is 4.00. The van der Waals surface area contributed by atoms with Crippen molar-refractivity contribution in [3.63, 3.8) is 0 Å². The minimum Gasteiger partial charge on any atom is -0.315 e. The van der Waals surface area contributed by atoms with E-state index in [4.69, 9.17) is 4.98 Å². The van der Waals surface area contributed by atoms with Gasteiger partial charge in [0.1, 0.15) is 5.01 Å². The molecule has 19 heavy (non-hydrogen) atoms. The van der Waals surface area contributed by atoms with Gasteiger partial charge in [-0.05, 0) is 35.1 Å². The van der Waals surface area contributed by atoms with Gasteiger partial charge in [0.05, 0.1) is 11.4 Å². The standard InChI is InChI=1S/C14H18BrN3S/c1-14(2,3)12-11(8-16-4)19-13(18-12)10-6-5-9(15)7-17-10/h5-7,16H,8H2,1-4H3. The number of aromatic nitrogens is 2. The van der Waals surface area contributed by atoms with Crippen LogP contribution in [0.3, 0.4) is 0 Å². The lowest BCUT2D eigenvalue weighted by Crippen LogP contribution is -2.16. The number of nitrogens with one attached hydrogen (secondary N) is 1. The molecule has 0 spiro atoms. The monoisotopic (exact) mass is 339 g/mol. The zero-order valence-corrected chi connectivity index (χ0v) is 14.0. The van der Waals surface area contributed by atoms with Crippen molar-refractivity contribution in [1.82, 2.24) is 15.3 Å². The summed E-state index contributed by atoms with van der Waals surface area (Å²) >= 11 is 5.12. The predicted octanol–water partition coefficient (Wildman–Crippen LogP) is 3.98. The van der Waals surface area contributed by atoms with Crippen molar-refractivity contribution in [3.8, 4) is 10.7 Å². The number of thiazole rings is 1. The molecule has 0 amide bonds. The zero-order chi connectivity index (χ0) is 14.0. The molecular formula is C14H18BrN3S. The average Bonchev–Trinajstić information content (AvgIpc) is 2.74. The molecule has 0 saturated heterocycles. The molecule has 0 saturated carbocycles. The molecule has 2 rings (SSSR count). The normalized spacial score (nSPS) is 11.8. The second-order valence-corrected chi connectivity index (χ2v) is 7.43. The highest BCUT2D eigenvalue weighted by molar-refractivity contribution is 9.10. The Morgan fingerprint density at radius 1 is 1.32 bits per heavy atom. The molecule has 2 heterocycles. The van der Waals surface area contributed by atoms with E-state index in [0.717, 1.165) is 27.4 Å². The molecule has 0 radical (unpaired) electrons. The number of nitrogens with zero attached hydrogens (tertiary/aromatic N) is 2. The Hall–Kier alpha value is -0.780. The van der Waals surface area contributed by atoms with Crippen LogP contribution in [0.25, 0.3) is 10.7 Å². The average molecular weight is 340 g/mol. The van der Waals surface area contributed by atoms with E-state index in [1.165, 1.54) is 4.88 Å². The van der Waals surface area contributed by atoms with Crippen LogP contribution in [0.1, 0.15) is 31.3 Å². The van der Waals surface area contributed by atoms with Gasteiger partial charge in [-0.1, -0.05) is 20.8 Å². The Labute approximate surface area is 126 Å². The molecule has 1 N–H and O–H groups in total. The molecule has 2 aromatic heterocycles. The van der Waals surface area contributed by atoms with Gasteiger partial charge < -0.3 is 5.32 Å². The SMILES string of the molecule is CNCc1sc(-c2ccc(Br)cn2)nc1C(C)(C)C. The minimum atomic E-state index is 0.0519. The second kappa shape index (κ2) is 5.69. The molecule has 2 aromatic rings. The Bertz CT molecular complexity index is 555. The van der Waals surface area contributed by atoms with Crippen LogP contribution in [0.2, 0.25) is 0 Å². The van der Waals surface area contributed by atoms with Gasteiger partial charge in [0.25, 0.3) is 0 Å². The van der Waals surface area contributed by atoms with Gasteiger partial charge in [-0.15, -0.1) is 11.3 Å². The van der Waals surface area contributed by atoms with Gasteiger partial charge in [-0.25, -0.2) is 4.98 Å². The van der Waals surface area contributed by atoms with E-state index in [2.05, 4.69) is 47.0 Å². The lowest BCUT2D eigenvalue weighted by Gasteiger charge is -2.17. The fourth-order valence-electron chi connectivity index (χ4n) is 1.83. The maximum atomic E-state index is 4.80. The summed E-state index contributed by atoms with van der Waals surface area (Å²) in [6.07, 6.45) is 1.81. The molecule has 0 aromatic carbocycles. The Morgan fingerprint density at radius 2 is 2.05 bits per heavy atom. The van der Waals surface area contributed by atoms with E-state index < -0.39 is 0 Å². The summed E-state index contributed by atoms with van der Waals surface area (Å²) in [4.78, 5) is 10.5. The lowest BCUT2D eigenvalue weighted by molar-refractivity contribution is 0.563. The number of hydrogen-bond donors (Lipinski definition) is 1. The highest BCUT2D eigenvalue weighted by Crippen LogP contribution is 2.33. The van der Waals surface area contributed by atoms with Gasteiger partial charge in [0.2, 0.25) is 0 Å². The van der Waals surface area contributed by atoms with E-state index in [9.17, 15) is 0 Å². The maximum Gasteiger partial charge on any atom is 0.142 e. The minimum absolute atomic E-state index is 0.0519. The number of halogens is 1. The van der Waals surface area contributed by atoms with Crippen LogP contribution in [0.5, 0.6) is 0 Å². The Kier molecular flexibility index (Phi) is 4.38. The summed E-state index contributed by atoms with van der Waals surface area (Å²) in [5, 5.41) is 4.20. The summed E-state index contributed by atoms with van der Waals surface area (Å²) in [7, 11) is 1.96. The van der Waals surface area contributed by atoms with Gasteiger partial charge >= 0.3 is 0 Å². The van der Waals surface area contributed by atoms with Crippen molar-refractivity contribution in [2.24, 2.45) is 0 Å². The van der Waals surface area contributed by atoms with Gasteiger partial charge in [0.15, 0.2) is 0 Å². The van der Waals surface area contributed by atoms with Crippen LogP contribution in [-0.4, -0.2) is 17.0 Å². The largest absolute Gasteiger partial charge is 0.315 e. The van der Waals surface area contributed by atoms with Crippen molar-refractivity contribution in [2.75, 3.05) is 7.05 Å². The van der Waals surface area contributed by atoms with Crippen LogP contribution >= 0.6 is 27.3 Å². The maximum absolute atomic E-state index is 4.80. The summed E-state index contributed by atoms with van der Waals surface area (Å²) in [6.45, 7) is 7.43. The van der Waals surface area contributed by atoms with Crippen molar-refractivity contribution in [1.29, 1.82) is 0 Å². The summed E-state index contributed by atoms with van der Waals surface area (Å²) in [5.41, 5.74) is 2.14. The van der Waals surface area contributed by atoms with Gasteiger partial charge in [0, 0.05) is 27.5 Å². The first-order chi connectivity index (χ1) is 8.91. The molecule has 3 nitrogen and oxygen atoms in total. The van der Waals surface area contributed by atoms with Crippen LogP contribution in [0.15, 0.2) is 22.8 Å². The lowest BCUT2D eigenvalue weighted by atomic mass is 9.91. The molecule has 5 heteroatoms. The highest BCUT2D eigenvalue weighted by atomic mass is 79.9. The van der Waals surface area contributed by atoms with E-state index in [0.29, 0.717) is 0 Å². The molecule has 0 fully saturated rings. The predicted molar refractivity (Wildman–Crippen MR) is 84.5 cm³/mol. The van der Waals surface area contributed by atoms with E-state index in [1.807, 2.05) is 25.4 Å². The third kappa shape index (κ3) is 3.41. The quantitative estimate of drug-likeness (QED) is 0.918. The smallest absolute Gasteiger partial charge is 0.142 e. The fraction of sp³-hybridized carbons (Fsp3) is 0.429. The van der Waals surface area contributed by atoms with E-state index in [1.54, 1.807) is 11.3 Å². The topological polar surface area (TPSA) is 37.8 Å². The molecule has 0 aliphatic heterocycles. The third-order valence-electron chi connectivity index (χ3n) is 2.69. The van der Waals surface area contributed by atoms with Crippen LogP contribution in [-0.2, 0) is 12.0 Å².